The van der Waals surface area contributed by atoms with Gasteiger partial charge >= 0.3 is 0 Å². The number of hydrogen-bond donors (Lipinski definition) is 1. The average molecular weight is 278 g/mol. The third-order valence-corrected chi connectivity index (χ3v) is 2.92. The maximum absolute atomic E-state index is 5.84. The van der Waals surface area contributed by atoms with Crippen molar-refractivity contribution >= 4 is 11.6 Å². The first-order chi connectivity index (χ1) is 9.29. The highest BCUT2D eigenvalue weighted by Gasteiger charge is 2.11. The molecule has 0 aliphatic rings. The summed E-state index contributed by atoms with van der Waals surface area (Å²) in [6, 6.07) is 7.40. The average Bonchev–Trinajstić information content (AvgIpc) is 2.46. The number of benzene rings is 1. The van der Waals surface area contributed by atoms with Crippen LogP contribution in [-0.2, 0) is 0 Å². The van der Waals surface area contributed by atoms with E-state index in [4.69, 9.17) is 16.3 Å². The molecule has 2 aromatic rings. The van der Waals surface area contributed by atoms with Gasteiger partial charge in [0.1, 0.15) is 18.7 Å². The van der Waals surface area contributed by atoms with Crippen molar-refractivity contribution < 1.29 is 4.74 Å². The summed E-state index contributed by atoms with van der Waals surface area (Å²) in [4.78, 5) is 8.06. The Kier molecular flexibility index (Phi) is 5.12. The molecule has 100 valence electrons. The van der Waals surface area contributed by atoms with E-state index in [1.165, 1.54) is 6.33 Å². The Morgan fingerprint density at radius 2 is 1.89 bits per heavy atom. The second kappa shape index (κ2) is 7.07. The van der Waals surface area contributed by atoms with Crippen LogP contribution in [0.4, 0.5) is 0 Å². The van der Waals surface area contributed by atoms with Crippen LogP contribution >= 0.6 is 11.6 Å². The van der Waals surface area contributed by atoms with E-state index in [9.17, 15) is 0 Å². The summed E-state index contributed by atoms with van der Waals surface area (Å²) in [6.45, 7) is 3.42. The Morgan fingerprint density at radius 3 is 2.53 bits per heavy atom. The molecule has 19 heavy (non-hydrogen) atoms. The van der Waals surface area contributed by atoms with Gasteiger partial charge in [0.05, 0.1) is 6.04 Å². The van der Waals surface area contributed by atoms with Crippen LogP contribution in [0.2, 0.25) is 5.02 Å². The maximum atomic E-state index is 5.84. The molecule has 0 saturated carbocycles. The molecule has 2 rings (SSSR count). The number of likely N-dealkylation sites (N-methyl/N-ethyl adjacent to an activating group) is 1. The monoisotopic (exact) mass is 277 g/mol. The Hall–Kier alpha value is -1.65. The number of halogens is 1. The third kappa shape index (κ3) is 4.19. The lowest BCUT2D eigenvalue weighted by Crippen LogP contribution is -2.26. The smallest absolute Gasteiger partial charge is 0.119 e. The second-order valence-corrected chi connectivity index (χ2v) is 4.48. The summed E-state index contributed by atoms with van der Waals surface area (Å²) >= 11 is 5.84. The topological polar surface area (TPSA) is 47.0 Å². The Morgan fingerprint density at radius 1 is 1.21 bits per heavy atom. The number of nitrogens with zero attached hydrogens (tertiary/aromatic N) is 2. The summed E-state index contributed by atoms with van der Waals surface area (Å²) in [5.74, 6) is 0.796. The van der Waals surface area contributed by atoms with Crippen LogP contribution in [0.3, 0.4) is 0 Å². The van der Waals surface area contributed by atoms with Crippen molar-refractivity contribution in [1.29, 1.82) is 0 Å². The maximum Gasteiger partial charge on any atom is 0.119 e. The predicted molar refractivity (Wildman–Crippen MR) is 75.4 cm³/mol. The standard InChI is InChI=1S/C14H16ClN3O/c1-2-18-14(11-7-16-10-17-8-11)9-19-13-5-3-12(15)4-6-13/h3-8,10,14,18H,2,9H2,1H3. The number of aromatic nitrogens is 2. The lowest BCUT2D eigenvalue weighted by atomic mass is 10.1. The van der Waals surface area contributed by atoms with Crippen molar-refractivity contribution in [1.82, 2.24) is 15.3 Å². The summed E-state index contributed by atoms with van der Waals surface area (Å²) in [6.07, 6.45) is 5.11. The van der Waals surface area contributed by atoms with Crippen molar-refractivity contribution in [2.75, 3.05) is 13.2 Å². The predicted octanol–water partition coefficient (Wildman–Crippen LogP) is 2.86. The molecule has 0 fully saturated rings. The van der Waals surface area contributed by atoms with Crippen LogP contribution in [0.5, 0.6) is 5.75 Å². The Bertz CT molecular complexity index is 490. The van der Waals surface area contributed by atoms with Crippen molar-refractivity contribution in [2.45, 2.75) is 13.0 Å². The Labute approximate surface area is 117 Å². The SMILES string of the molecule is CCNC(COc1ccc(Cl)cc1)c1cncnc1. The summed E-state index contributed by atoms with van der Waals surface area (Å²) in [5, 5.41) is 4.05. The molecule has 0 amide bonds. The summed E-state index contributed by atoms with van der Waals surface area (Å²) in [7, 11) is 0. The zero-order chi connectivity index (χ0) is 13.5. The van der Waals surface area contributed by atoms with Gasteiger partial charge in [0, 0.05) is 23.0 Å². The molecule has 0 radical (unpaired) electrons. The molecule has 0 aliphatic carbocycles. The first-order valence-electron chi connectivity index (χ1n) is 6.16. The van der Waals surface area contributed by atoms with E-state index in [2.05, 4.69) is 22.2 Å². The lowest BCUT2D eigenvalue weighted by Gasteiger charge is -2.18. The number of ether oxygens (including phenoxy) is 1. The van der Waals surface area contributed by atoms with Crippen molar-refractivity contribution in [3.8, 4) is 5.75 Å². The fourth-order valence-electron chi connectivity index (χ4n) is 1.72. The van der Waals surface area contributed by atoms with Crippen LogP contribution in [0.25, 0.3) is 0 Å². The molecule has 1 N–H and O–H groups in total. The summed E-state index contributed by atoms with van der Waals surface area (Å²) in [5.41, 5.74) is 1.01. The minimum atomic E-state index is 0.0712. The van der Waals surface area contributed by atoms with E-state index in [1.54, 1.807) is 12.4 Å². The highest BCUT2D eigenvalue weighted by Crippen LogP contribution is 2.18. The molecule has 1 atom stereocenters. The molecule has 5 heteroatoms. The molecule has 1 heterocycles. The van der Waals surface area contributed by atoms with Crippen LogP contribution in [0.15, 0.2) is 43.0 Å². The lowest BCUT2D eigenvalue weighted by molar-refractivity contribution is 0.267. The molecule has 1 aromatic carbocycles. The molecule has 4 nitrogen and oxygen atoms in total. The van der Waals surface area contributed by atoms with Gasteiger partial charge in [-0.25, -0.2) is 9.97 Å². The first kappa shape index (κ1) is 13.8. The Balaban J connectivity index is 1.99. The normalized spacial score (nSPS) is 12.1. The van der Waals surface area contributed by atoms with E-state index >= 15 is 0 Å². The highest BCUT2D eigenvalue weighted by atomic mass is 35.5. The van der Waals surface area contributed by atoms with Crippen molar-refractivity contribution in [3.63, 3.8) is 0 Å². The number of rotatable bonds is 6. The molecule has 1 unspecified atom stereocenters. The van der Waals surface area contributed by atoms with Gasteiger partial charge in [0.25, 0.3) is 0 Å². The molecule has 0 aliphatic heterocycles. The van der Waals surface area contributed by atoms with Crippen LogP contribution in [0.1, 0.15) is 18.5 Å². The van der Waals surface area contributed by atoms with Crippen LogP contribution in [0, 0.1) is 0 Å². The van der Waals surface area contributed by atoms with E-state index < -0.39 is 0 Å². The van der Waals surface area contributed by atoms with Gasteiger partial charge in [-0.1, -0.05) is 18.5 Å². The van der Waals surface area contributed by atoms with Gasteiger partial charge in [0.2, 0.25) is 0 Å². The van der Waals surface area contributed by atoms with E-state index in [-0.39, 0.29) is 6.04 Å². The molecule has 0 bridgehead atoms. The fourth-order valence-corrected chi connectivity index (χ4v) is 1.85. The van der Waals surface area contributed by atoms with Gasteiger partial charge in [-0.3, -0.25) is 0 Å². The zero-order valence-electron chi connectivity index (χ0n) is 10.7. The van der Waals surface area contributed by atoms with Crippen LogP contribution < -0.4 is 10.1 Å². The molecule has 1 aromatic heterocycles. The quantitative estimate of drug-likeness (QED) is 0.882. The summed E-state index contributed by atoms with van der Waals surface area (Å²) < 4.78 is 5.75. The minimum Gasteiger partial charge on any atom is -0.492 e. The third-order valence-electron chi connectivity index (χ3n) is 2.66. The first-order valence-corrected chi connectivity index (χ1v) is 6.54. The largest absolute Gasteiger partial charge is 0.492 e. The van der Waals surface area contributed by atoms with Gasteiger partial charge in [0.15, 0.2) is 0 Å². The van der Waals surface area contributed by atoms with Crippen LogP contribution in [-0.4, -0.2) is 23.1 Å². The highest BCUT2D eigenvalue weighted by molar-refractivity contribution is 6.30. The van der Waals surface area contributed by atoms with E-state index in [1.807, 2.05) is 24.3 Å². The van der Waals surface area contributed by atoms with Crippen molar-refractivity contribution in [2.24, 2.45) is 0 Å². The number of hydrogen-bond acceptors (Lipinski definition) is 4. The fraction of sp³-hybridized carbons (Fsp3) is 0.286. The van der Waals surface area contributed by atoms with Gasteiger partial charge < -0.3 is 10.1 Å². The van der Waals surface area contributed by atoms with Gasteiger partial charge in [-0.05, 0) is 30.8 Å². The molecular formula is C14H16ClN3O. The molecule has 0 saturated heterocycles. The van der Waals surface area contributed by atoms with E-state index in [0.717, 1.165) is 17.9 Å². The van der Waals surface area contributed by atoms with Gasteiger partial charge in [-0.15, -0.1) is 0 Å². The zero-order valence-corrected chi connectivity index (χ0v) is 11.5. The van der Waals surface area contributed by atoms with E-state index in [0.29, 0.717) is 11.6 Å². The minimum absolute atomic E-state index is 0.0712. The second-order valence-electron chi connectivity index (χ2n) is 4.05. The van der Waals surface area contributed by atoms with Crippen molar-refractivity contribution in [3.05, 3.63) is 53.6 Å². The number of nitrogens with one attached hydrogen (secondary N) is 1. The molecule has 0 spiro atoms. The molecular weight excluding hydrogens is 262 g/mol. The van der Waals surface area contributed by atoms with Gasteiger partial charge in [-0.2, -0.15) is 0 Å².